The van der Waals surface area contributed by atoms with E-state index >= 15 is 0 Å². The number of rotatable bonds is 2. The quantitative estimate of drug-likeness (QED) is 0.758. The number of hydrogen-bond acceptors (Lipinski definition) is 2. The SMILES string of the molecule is NC1CC(OC2CCCCCC2)C12CCCCC2. The van der Waals surface area contributed by atoms with E-state index in [-0.39, 0.29) is 0 Å². The molecule has 2 heteroatoms. The van der Waals surface area contributed by atoms with Gasteiger partial charge in [0.05, 0.1) is 12.2 Å². The van der Waals surface area contributed by atoms with Crippen LogP contribution in [0.4, 0.5) is 0 Å². The largest absolute Gasteiger partial charge is 0.374 e. The average molecular weight is 251 g/mol. The first kappa shape index (κ1) is 12.9. The van der Waals surface area contributed by atoms with Crippen LogP contribution in [0.15, 0.2) is 0 Å². The minimum absolute atomic E-state index is 0.380. The van der Waals surface area contributed by atoms with E-state index in [0.717, 1.165) is 6.42 Å². The molecule has 1 spiro atoms. The Kier molecular flexibility index (Phi) is 3.95. The summed E-state index contributed by atoms with van der Waals surface area (Å²) in [5.74, 6) is 0. The number of nitrogens with two attached hydrogens (primary N) is 1. The second-order valence-electron chi connectivity index (χ2n) is 6.87. The van der Waals surface area contributed by atoms with Crippen LogP contribution >= 0.6 is 0 Å². The highest BCUT2D eigenvalue weighted by molar-refractivity contribution is 5.07. The zero-order chi connectivity index (χ0) is 12.4. The molecule has 3 rings (SSSR count). The van der Waals surface area contributed by atoms with Gasteiger partial charge < -0.3 is 10.5 Å². The third-order valence-corrected chi connectivity index (χ3v) is 5.79. The summed E-state index contributed by atoms with van der Waals surface area (Å²) in [6.45, 7) is 0. The predicted molar refractivity (Wildman–Crippen MR) is 74.5 cm³/mol. The molecule has 104 valence electrons. The maximum absolute atomic E-state index is 6.49. The number of hydrogen-bond donors (Lipinski definition) is 1. The highest BCUT2D eigenvalue weighted by Gasteiger charge is 2.54. The summed E-state index contributed by atoms with van der Waals surface area (Å²) in [7, 11) is 0. The summed E-state index contributed by atoms with van der Waals surface area (Å²) < 4.78 is 6.49. The Morgan fingerprint density at radius 2 is 1.44 bits per heavy atom. The molecule has 3 aliphatic rings. The van der Waals surface area contributed by atoms with E-state index < -0.39 is 0 Å². The molecule has 3 saturated carbocycles. The van der Waals surface area contributed by atoms with Crippen LogP contribution in [0, 0.1) is 5.41 Å². The van der Waals surface area contributed by atoms with Gasteiger partial charge in [-0.1, -0.05) is 44.9 Å². The normalized spacial score (nSPS) is 37.2. The van der Waals surface area contributed by atoms with Crippen molar-refractivity contribution in [1.29, 1.82) is 0 Å². The molecular formula is C16H29NO. The van der Waals surface area contributed by atoms with Crippen LogP contribution in [0.25, 0.3) is 0 Å². The van der Waals surface area contributed by atoms with Gasteiger partial charge in [0.15, 0.2) is 0 Å². The van der Waals surface area contributed by atoms with Crippen molar-refractivity contribution < 1.29 is 4.74 Å². The maximum atomic E-state index is 6.49. The van der Waals surface area contributed by atoms with Gasteiger partial charge in [0.2, 0.25) is 0 Å². The molecule has 0 saturated heterocycles. The first-order valence-corrected chi connectivity index (χ1v) is 8.22. The molecule has 2 unspecified atom stereocenters. The molecule has 18 heavy (non-hydrogen) atoms. The van der Waals surface area contributed by atoms with Crippen molar-refractivity contribution >= 4 is 0 Å². The van der Waals surface area contributed by atoms with Crippen molar-refractivity contribution in [2.24, 2.45) is 11.1 Å². The third-order valence-electron chi connectivity index (χ3n) is 5.79. The van der Waals surface area contributed by atoms with Crippen molar-refractivity contribution in [2.75, 3.05) is 0 Å². The van der Waals surface area contributed by atoms with Crippen LogP contribution in [0.2, 0.25) is 0 Å². The van der Waals surface area contributed by atoms with E-state index in [4.69, 9.17) is 10.5 Å². The van der Waals surface area contributed by atoms with Crippen LogP contribution in [-0.2, 0) is 4.74 Å². The van der Waals surface area contributed by atoms with Crippen LogP contribution < -0.4 is 5.73 Å². The molecule has 0 heterocycles. The lowest BCUT2D eigenvalue weighted by atomic mass is 9.55. The Morgan fingerprint density at radius 1 is 0.833 bits per heavy atom. The molecule has 0 amide bonds. The third kappa shape index (κ3) is 2.34. The van der Waals surface area contributed by atoms with Crippen molar-refractivity contribution in [1.82, 2.24) is 0 Å². The summed E-state index contributed by atoms with van der Waals surface area (Å²) in [5, 5.41) is 0. The van der Waals surface area contributed by atoms with Gasteiger partial charge in [-0.05, 0) is 32.1 Å². The zero-order valence-electron chi connectivity index (χ0n) is 11.7. The lowest BCUT2D eigenvalue weighted by Crippen LogP contribution is -2.63. The van der Waals surface area contributed by atoms with Crippen molar-refractivity contribution in [3.63, 3.8) is 0 Å². The second-order valence-corrected chi connectivity index (χ2v) is 6.87. The monoisotopic (exact) mass is 251 g/mol. The van der Waals surface area contributed by atoms with Crippen molar-refractivity contribution in [2.45, 2.75) is 95.3 Å². The fourth-order valence-corrected chi connectivity index (χ4v) is 4.48. The van der Waals surface area contributed by atoms with E-state index in [1.54, 1.807) is 0 Å². The Labute approximate surface area is 112 Å². The lowest BCUT2D eigenvalue weighted by molar-refractivity contribution is -0.170. The molecule has 0 aromatic rings. The Balaban J connectivity index is 1.58. The minimum atomic E-state index is 0.380. The summed E-state index contributed by atoms with van der Waals surface area (Å²) in [4.78, 5) is 0. The fourth-order valence-electron chi connectivity index (χ4n) is 4.48. The number of ether oxygens (including phenoxy) is 1. The van der Waals surface area contributed by atoms with Gasteiger partial charge in [-0.25, -0.2) is 0 Å². The predicted octanol–water partition coefficient (Wildman–Crippen LogP) is 3.78. The van der Waals surface area contributed by atoms with E-state index in [1.165, 1.54) is 70.6 Å². The second kappa shape index (κ2) is 5.50. The summed E-state index contributed by atoms with van der Waals surface area (Å²) >= 11 is 0. The van der Waals surface area contributed by atoms with Crippen LogP contribution in [0.1, 0.15) is 77.0 Å². The topological polar surface area (TPSA) is 35.2 Å². The molecule has 0 radical (unpaired) electrons. The molecule has 0 aliphatic heterocycles. The molecule has 3 aliphatic carbocycles. The molecule has 0 bridgehead atoms. The first-order chi connectivity index (χ1) is 8.81. The van der Waals surface area contributed by atoms with Gasteiger partial charge in [-0.3, -0.25) is 0 Å². The maximum Gasteiger partial charge on any atom is 0.0664 e. The average Bonchev–Trinajstić information content (AvgIpc) is 2.68. The van der Waals surface area contributed by atoms with Gasteiger partial charge >= 0.3 is 0 Å². The van der Waals surface area contributed by atoms with Gasteiger partial charge in [0.25, 0.3) is 0 Å². The molecule has 0 aromatic heterocycles. The molecular weight excluding hydrogens is 222 g/mol. The van der Waals surface area contributed by atoms with Crippen LogP contribution in [0.5, 0.6) is 0 Å². The molecule has 2 N–H and O–H groups in total. The fraction of sp³-hybridized carbons (Fsp3) is 1.00. The van der Waals surface area contributed by atoms with Crippen molar-refractivity contribution in [3.05, 3.63) is 0 Å². The van der Waals surface area contributed by atoms with Gasteiger partial charge in [0.1, 0.15) is 0 Å². The van der Waals surface area contributed by atoms with Gasteiger partial charge in [0, 0.05) is 11.5 Å². The Hall–Kier alpha value is -0.0800. The zero-order valence-corrected chi connectivity index (χ0v) is 11.7. The van der Waals surface area contributed by atoms with Crippen molar-refractivity contribution in [3.8, 4) is 0 Å². The lowest BCUT2D eigenvalue weighted by Gasteiger charge is -2.57. The van der Waals surface area contributed by atoms with Crippen LogP contribution in [-0.4, -0.2) is 18.2 Å². The molecule has 2 nitrogen and oxygen atoms in total. The first-order valence-electron chi connectivity index (χ1n) is 8.22. The van der Waals surface area contributed by atoms with E-state index in [0.29, 0.717) is 23.7 Å². The molecule has 3 fully saturated rings. The standard InChI is InChI=1S/C16H29NO/c17-14-12-15(16(14)10-6-3-7-11-16)18-13-8-4-1-2-5-9-13/h13-15H,1-12,17H2. The highest BCUT2D eigenvalue weighted by atomic mass is 16.5. The van der Waals surface area contributed by atoms with Gasteiger partial charge in [-0.15, -0.1) is 0 Å². The summed E-state index contributed by atoms with van der Waals surface area (Å²) in [5.41, 5.74) is 6.71. The molecule has 2 atom stereocenters. The van der Waals surface area contributed by atoms with Crippen LogP contribution in [0.3, 0.4) is 0 Å². The van der Waals surface area contributed by atoms with E-state index in [1.807, 2.05) is 0 Å². The smallest absolute Gasteiger partial charge is 0.0664 e. The van der Waals surface area contributed by atoms with Gasteiger partial charge in [-0.2, -0.15) is 0 Å². The summed E-state index contributed by atoms with van der Waals surface area (Å²) in [6.07, 6.45) is 17.1. The van der Waals surface area contributed by atoms with E-state index in [2.05, 4.69) is 0 Å². The van der Waals surface area contributed by atoms with E-state index in [9.17, 15) is 0 Å². The Bertz CT molecular complexity index is 264. The highest BCUT2D eigenvalue weighted by Crippen LogP contribution is 2.53. The summed E-state index contributed by atoms with van der Waals surface area (Å²) in [6, 6.07) is 0.425. The Morgan fingerprint density at radius 3 is 2.06 bits per heavy atom. The molecule has 0 aromatic carbocycles. The minimum Gasteiger partial charge on any atom is -0.374 e.